The van der Waals surface area contributed by atoms with Gasteiger partial charge in [0.05, 0.1) is 13.2 Å². The van der Waals surface area contributed by atoms with Crippen LogP contribution in [0.2, 0.25) is 0 Å². The molecule has 1 aromatic heterocycles. The number of morpholine rings is 1. The minimum absolute atomic E-state index is 0.0767. The molecule has 0 radical (unpaired) electrons. The number of nitrogens with one attached hydrogen (secondary N) is 1. The first-order valence-corrected chi connectivity index (χ1v) is 9.24. The second-order valence-electron chi connectivity index (χ2n) is 7.04. The molecule has 1 atom stereocenters. The van der Waals surface area contributed by atoms with Crippen molar-refractivity contribution < 1.29 is 18.8 Å². The lowest BCUT2D eigenvalue weighted by Gasteiger charge is -2.31. The van der Waals surface area contributed by atoms with Crippen molar-refractivity contribution in [2.45, 2.75) is 26.3 Å². The highest BCUT2D eigenvalue weighted by Gasteiger charge is 2.29. The third kappa shape index (κ3) is 4.95. The molecule has 3 rings (SSSR count). The molecule has 1 aromatic carbocycles. The molecule has 2 heterocycles. The zero-order valence-electron chi connectivity index (χ0n) is 15.7. The summed E-state index contributed by atoms with van der Waals surface area (Å²) >= 11 is 0. The summed E-state index contributed by atoms with van der Waals surface area (Å²) in [4.78, 5) is 27.2. The number of carbonyl (C=O) groups is 2. The first kappa shape index (κ1) is 19.1. The van der Waals surface area contributed by atoms with Crippen molar-refractivity contribution >= 4 is 11.8 Å². The normalized spacial score (nSPS) is 15.6. The fourth-order valence-electron chi connectivity index (χ4n) is 3.05. The minimum atomic E-state index is -0.590. The van der Waals surface area contributed by atoms with E-state index in [2.05, 4.69) is 10.5 Å². The Morgan fingerprint density at radius 1 is 1.19 bits per heavy atom. The molecular formula is C20H25N3O4. The van der Waals surface area contributed by atoms with Gasteiger partial charge in [-0.15, -0.1) is 0 Å². The van der Waals surface area contributed by atoms with E-state index < -0.39 is 11.9 Å². The Balaban J connectivity index is 1.70. The Morgan fingerprint density at radius 2 is 1.89 bits per heavy atom. The van der Waals surface area contributed by atoms with Gasteiger partial charge >= 0.3 is 0 Å². The van der Waals surface area contributed by atoms with Crippen molar-refractivity contribution in [3.63, 3.8) is 0 Å². The number of rotatable bonds is 6. The smallest absolute Gasteiger partial charge is 0.274 e. The molecular weight excluding hydrogens is 346 g/mol. The lowest BCUT2D eigenvalue weighted by molar-refractivity contribution is -0.137. The van der Waals surface area contributed by atoms with Gasteiger partial charge in [0.1, 0.15) is 6.04 Å². The van der Waals surface area contributed by atoms with E-state index in [4.69, 9.17) is 9.26 Å². The van der Waals surface area contributed by atoms with Crippen LogP contribution in [0.5, 0.6) is 0 Å². The molecule has 2 aromatic rings. The standard InChI is InChI=1S/C20H25N3O4/c1-14(2)12-17(20(25)23-8-10-26-11-9-23)21-19(24)16-13-18(27-22-16)15-6-4-3-5-7-15/h3-7,13-14,17H,8-12H2,1-2H3,(H,21,24)/t17-/m1/s1. The topological polar surface area (TPSA) is 84.7 Å². The van der Waals surface area contributed by atoms with E-state index in [9.17, 15) is 9.59 Å². The number of benzene rings is 1. The Hall–Kier alpha value is -2.67. The molecule has 7 heteroatoms. The number of nitrogens with zero attached hydrogens (tertiary/aromatic N) is 2. The second-order valence-corrected chi connectivity index (χ2v) is 7.04. The van der Waals surface area contributed by atoms with Crippen molar-refractivity contribution in [2.24, 2.45) is 5.92 Å². The van der Waals surface area contributed by atoms with Crippen LogP contribution >= 0.6 is 0 Å². The summed E-state index contributed by atoms with van der Waals surface area (Å²) in [6.07, 6.45) is 0.561. The predicted molar refractivity (Wildman–Crippen MR) is 100 cm³/mol. The summed E-state index contributed by atoms with van der Waals surface area (Å²) in [6, 6.07) is 10.4. The molecule has 144 valence electrons. The Morgan fingerprint density at radius 3 is 2.56 bits per heavy atom. The molecule has 7 nitrogen and oxygen atoms in total. The first-order chi connectivity index (χ1) is 13.0. The van der Waals surface area contributed by atoms with Gasteiger partial charge in [-0.3, -0.25) is 9.59 Å². The van der Waals surface area contributed by atoms with E-state index >= 15 is 0 Å². The second kappa shape index (κ2) is 8.81. The molecule has 0 bridgehead atoms. The Bertz CT molecular complexity index is 767. The summed E-state index contributed by atoms with van der Waals surface area (Å²) < 4.78 is 10.6. The minimum Gasteiger partial charge on any atom is -0.378 e. The zero-order chi connectivity index (χ0) is 19.2. The highest BCUT2D eigenvalue weighted by atomic mass is 16.5. The van der Waals surface area contributed by atoms with Crippen LogP contribution in [-0.2, 0) is 9.53 Å². The highest BCUT2D eigenvalue weighted by molar-refractivity contribution is 5.96. The molecule has 1 aliphatic rings. The monoisotopic (exact) mass is 371 g/mol. The van der Waals surface area contributed by atoms with Crippen molar-refractivity contribution in [1.29, 1.82) is 0 Å². The van der Waals surface area contributed by atoms with E-state index in [1.807, 2.05) is 44.2 Å². The average Bonchev–Trinajstić information content (AvgIpc) is 3.18. The molecule has 2 amide bonds. The Labute approximate surface area is 158 Å². The fraction of sp³-hybridized carbons (Fsp3) is 0.450. The maximum absolute atomic E-state index is 12.8. The molecule has 1 N–H and O–H groups in total. The van der Waals surface area contributed by atoms with E-state index in [0.717, 1.165) is 5.56 Å². The van der Waals surface area contributed by atoms with E-state index in [0.29, 0.717) is 38.5 Å². The molecule has 0 unspecified atom stereocenters. The third-order valence-corrected chi connectivity index (χ3v) is 4.43. The fourth-order valence-corrected chi connectivity index (χ4v) is 3.05. The van der Waals surface area contributed by atoms with Gasteiger partial charge < -0.3 is 19.5 Å². The molecule has 1 fully saturated rings. The van der Waals surface area contributed by atoms with Crippen LogP contribution in [0.3, 0.4) is 0 Å². The number of hydrogen-bond donors (Lipinski definition) is 1. The summed E-state index contributed by atoms with van der Waals surface area (Å²) in [7, 11) is 0. The molecule has 27 heavy (non-hydrogen) atoms. The van der Waals surface area contributed by atoms with Gasteiger partial charge in [-0.2, -0.15) is 0 Å². The molecule has 1 saturated heterocycles. The van der Waals surface area contributed by atoms with Crippen LogP contribution in [0.1, 0.15) is 30.8 Å². The highest BCUT2D eigenvalue weighted by Crippen LogP contribution is 2.20. The van der Waals surface area contributed by atoms with Gasteiger partial charge in [-0.25, -0.2) is 0 Å². The first-order valence-electron chi connectivity index (χ1n) is 9.24. The molecule has 1 aliphatic heterocycles. The zero-order valence-corrected chi connectivity index (χ0v) is 15.7. The van der Waals surface area contributed by atoms with Crippen molar-refractivity contribution in [2.75, 3.05) is 26.3 Å². The summed E-state index contributed by atoms with van der Waals surface area (Å²) in [5.74, 6) is 0.290. The van der Waals surface area contributed by atoms with Crippen molar-refractivity contribution in [3.05, 3.63) is 42.1 Å². The Kier molecular flexibility index (Phi) is 6.24. The van der Waals surface area contributed by atoms with Crippen LogP contribution in [-0.4, -0.2) is 54.2 Å². The lowest BCUT2D eigenvalue weighted by atomic mass is 10.0. The number of ether oxygens (including phenoxy) is 1. The molecule has 0 aliphatic carbocycles. The number of amides is 2. The van der Waals surface area contributed by atoms with E-state index in [1.165, 1.54) is 0 Å². The van der Waals surface area contributed by atoms with Gasteiger partial charge in [0.15, 0.2) is 11.5 Å². The van der Waals surface area contributed by atoms with Crippen LogP contribution < -0.4 is 5.32 Å². The van der Waals surface area contributed by atoms with Crippen molar-refractivity contribution in [1.82, 2.24) is 15.4 Å². The van der Waals surface area contributed by atoms with Gasteiger partial charge in [0, 0.05) is 24.7 Å². The maximum Gasteiger partial charge on any atom is 0.274 e. The number of aromatic nitrogens is 1. The van der Waals surface area contributed by atoms with Crippen LogP contribution in [0.4, 0.5) is 0 Å². The molecule has 0 spiro atoms. The summed E-state index contributed by atoms with van der Waals surface area (Å²) in [5, 5.41) is 6.70. The van der Waals surface area contributed by atoms with E-state index in [1.54, 1.807) is 11.0 Å². The van der Waals surface area contributed by atoms with Crippen LogP contribution in [0.25, 0.3) is 11.3 Å². The van der Waals surface area contributed by atoms with Crippen LogP contribution in [0, 0.1) is 5.92 Å². The van der Waals surface area contributed by atoms with Gasteiger partial charge in [-0.05, 0) is 12.3 Å². The summed E-state index contributed by atoms with van der Waals surface area (Å²) in [6.45, 7) is 6.19. The molecule has 0 saturated carbocycles. The largest absolute Gasteiger partial charge is 0.378 e. The van der Waals surface area contributed by atoms with E-state index in [-0.39, 0.29) is 17.5 Å². The van der Waals surface area contributed by atoms with Crippen LogP contribution in [0.15, 0.2) is 40.9 Å². The predicted octanol–water partition coefficient (Wildman–Crippen LogP) is 2.34. The van der Waals surface area contributed by atoms with Gasteiger partial charge in [0.25, 0.3) is 5.91 Å². The maximum atomic E-state index is 12.8. The quantitative estimate of drug-likeness (QED) is 0.842. The van der Waals surface area contributed by atoms with Crippen molar-refractivity contribution in [3.8, 4) is 11.3 Å². The van der Waals surface area contributed by atoms with Gasteiger partial charge in [0.2, 0.25) is 5.91 Å². The number of carbonyl (C=O) groups excluding carboxylic acids is 2. The average molecular weight is 371 g/mol. The SMILES string of the molecule is CC(C)C[C@@H](NC(=O)c1cc(-c2ccccc2)on1)C(=O)N1CCOCC1. The van der Waals surface area contributed by atoms with Gasteiger partial charge in [-0.1, -0.05) is 49.3 Å². The third-order valence-electron chi connectivity index (χ3n) is 4.43. The summed E-state index contributed by atoms with van der Waals surface area (Å²) in [5.41, 5.74) is 1.00. The lowest BCUT2D eigenvalue weighted by Crippen LogP contribution is -2.52. The number of hydrogen-bond acceptors (Lipinski definition) is 5.